The molecule has 3 rings (SSSR count). The molecule has 0 aliphatic carbocycles. The topological polar surface area (TPSA) is 102 Å². The lowest BCUT2D eigenvalue weighted by Gasteiger charge is -2.06. The first-order chi connectivity index (χ1) is 11.5. The lowest BCUT2D eigenvalue weighted by molar-refractivity contribution is -0.384. The molecule has 24 heavy (non-hydrogen) atoms. The zero-order chi connectivity index (χ0) is 17.3. The zero-order valence-corrected chi connectivity index (χ0v) is 12.6. The fourth-order valence-corrected chi connectivity index (χ4v) is 2.29. The first kappa shape index (κ1) is 15.4. The second-order valence-corrected chi connectivity index (χ2v) is 5.18. The van der Waals surface area contributed by atoms with Crippen molar-refractivity contribution in [3.8, 4) is 0 Å². The highest BCUT2D eigenvalue weighted by atomic mass is 16.6. The molecular weight excluding hydrogens is 312 g/mol. The van der Waals surface area contributed by atoms with E-state index in [0.29, 0.717) is 16.7 Å². The first-order valence-corrected chi connectivity index (χ1v) is 7.05. The van der Waals surface area contributed by atoms with Crippen LogP contribution >= 0.6 is 0 Å². The van der Waals surface area contributed by atoms with Crippen LogP contribution in [0.2, 0.25) is 0 Å². The maximum absolute atomic E-state index is 12.3. The average molecular weight is 324 g/mol. The molecule has 120 valence electrons. The molecular formula is C17H12N2O5. The van der Waals surface area contributed by atoms with Crippen LogP contribution in [0.25, 0.3) is 11.0 Å². The second-order valence-electron chi connectivity index (χ2n) is 5.18. The van der Waals surface area contributed by atoms with Gasteiger partial charge in [0.05, 0.1) is 10.3 Å². The molecule has 3 aromatic rings. The molecule has 0 unspecified atom stereocenters. The molecule has 0 bridgehead atoms. The lowest BCUT2D eigenvalue weighted by atomic mass is 10.1. The summed E-state index contributed by atoms with van der Waals surface area (Å²) in [5.74, 6) is -0.730. The van der Waals surface area contributed by atoms with Gasteiger partial charge >= 0.3 is 0 Å². The van der Waals surface area contributed by atoms with E-state index in [4.69, 9.17) is 4.42 Å². The van der Waals surface area contributed by atoms with Crippen LogP contribution in [0.15, 0.2) is 57.7 Å². The van der Waals surface area contributed by atoms with Crippen molar-refractivity contribution in [2.75, 3.05) is 5.32 Å². The number of nitrogens with zero attached hydrogens (tertiary/aromatic N) is 1. The molecule has 0 aliphatic rings. The van der Waals surface area contributed by atoms with E-state index in [1.54, 1.807) is 25.1 Å². The number of rotatable bonds is 3. The molecule has 0 saturated carbocycles. The molecule has 0 aliphatic heterocycles. The van der Waals surface area contributed by atoms with Gasteiger partial charge in [-0.1, -0.05) is 12.1 Å². The smallest absolute Gasteiger partial charge is 0.291 e. The van der Waals surface area contributed by atoms with Gasteiger partial charge in [-0.3, -0.25) is 19.7 Å². The summed E-state index contributed by atoms with van der Waals surface area (Å²) < 4.78 is 5.55. The minimum Gasteiger partial charge on any atom is -0.450 e. The van der Waals surface area contributed by atoms with Crippen LogP contribution in [-0.2, 0) is 0 Å². The van der Waals surface area contributed by atoms with Gasteiger partial charge in [0, 0.05) is 23.9 Å². The van der Waals surface area contributed by atoms with Crippen LogP contribution in [0.3, 0.4) is 0 Å². The van der Waals surface area contributed by atoms with E-state index in [2.05, 4.69) is 5.32 Å². The molecule has 0 atom stereocenters. The summed E-state index contributed by atoms with van der Waals surface area (Å²) in [6.45, 7) is 1.78. The Morgan fingerprint density at radius 1 is 1.17 bits per heavy atom. The molecule has 0 spiro atoms. The Balaban J connectivity index is 1.92. The van der Waals surface area contributed by atoms with E-state index >= 15 is 0 Å². The largest absolute Gasteiger partial charge is 0.450 e. The van der Waals surface area contributed by atoms with Gasteiger partial charge in [0.15, 0.2) is 11.2 Å². The number of amides is 1. The van der Waals surface area contributed by atoms with Crippen molar-refractivity contribution in [3.05, 3.63) is 80.2 Å². The summed E-state index contributed by atoms with van der Waals surface area (Å²) in [5.41, 5.74) is 1.07. The Hall–Kier alpha value is -3.48. The predicted octanol–water partition coefficient (Wildman–Crippen LogP) is 3.26. The van der Waals surface area contributed by atoms with E-state index < -0.39 is 10.8 Å². The zero-order valence-electron chi connectivity index (χ0n) is 12.6. The maximum atomic E-state index is 12.3. The molecule has 1 heterocycles. The third-order valence-corrected chi connectivity index (χ3v) is 3.51. The number of carbonyl (C=O) groups is 1. The number of aryl methyl sites for hydroxylation is 1. The third kappa shape index (κ3) is 2.87. The van der Waals surface area contributed by atoms with Crippen molar-refractivity contribution in [3.63, 3.8) is 0 Å². The van der Waals surface area contributed by atoms with Gasteiger partial charge in [-0.2, -0.15) is 0 Å². The number of hydrogen-bond acceptors (Lipinski definition) is 5. The van der Waals surface area contributed by atoms with Gasteiger partial charge in [-0.05, 0) is 30.7 Å². The van der Waals surface area contributed by atoms with Crippen LogP contribution < -0.4 is 10.7 Å². The minimum absolute atomic E-state index is 0.0825. The van der Waals surface area contributed by atoms with Crippen LogP contribution in [0.5, 0.6) is 0 Å². The van der Waals surface area contributed by atoms with Crippen molar-refractivity contribution >= 4 is 28.3 Å². The van der Waals surface area contributed by atoms with Crippen molar-refractivity contribution in [2.24, 2.45) is 0 Å². The maximum Gasteiger partial charge on any atom is 0.291 e. The molecule has 0 saturated heterocycles. The Morgan fingerprint density at radius 3 is 2.54 bits per heavy atom. The number of nitrogens with one attached hydrogen (secondary N) is 1. The molecule has 1 aromatic heterocycles. The Morgan fingerprint density at radius 2 is 1.88 bits per heavy atom. The van der Waals surface area contributed by atoms with E-state index in [1.165, 1.54) is 24.3 Å². The number of hydrogen-bond donors (Lipinski definition) is 1. The molecule has 0 radical (unpaired) electrons. The number of non-ortho nitro benzene ring substituents is 1. The number of fused-ring (bicyclic) bond motifs is 1. The molecule has 0 fully saturated rings. The summed E-state index contributed by atoms with van der Waals surface area (Å²) in [7, 11) is 0. The Kier molecular flexibility index (Phi) is 3.83. The molecule has 7 heteroatoms. The second kappa shape index (κ2) is 5.96. The van der Waals surface area contributed by atoms with E-state index in [1.807, 2.05) is 0 Å². The predicted molar refractivity (Wildman–Crippen MR) is 88.3 cm³/mol. The summed E-state index contributed by atoms with van der Waals surface area (Å²) in [4.78, 5) is 34.5. The first-order valence-electron chi connectivity index (χ1n) is 7.05. The summed E-state index contributed by atoms with van der Waals surface area (Å²) in [5, 5.41) is 13.6. The van der Waals surface area contributed by atoms with E-state index in [0.717, 1.165) is 11.6 Å². The standard InChI is InChI=1S/C17H12N2O5/c1-10-3-2-4-13-14(20)9-15(24-16(10)13)17(21)18-11-5-7-12(8-6-11)19(22)23/h2-9H,1H3,(H,18,21). The van der Waals surface area contributed by atoms with Crippen molar-refractivity contribution in [2.45, 2.75) is 6.92 Å². The SMILES string of the molecule is Cc1cccc2c(=O)cc(C(=O)Nc3ccc([N+](=O)[O-])cc3)oc12. The molecule has 1 N–H and O–H groups in total. The van der Waals surface area contributed by atoms with Crippen molar-refractivity contribution in [1.29, 1.82) is 0 Å². The average Bonchev–Trinajstić information content (AvgIpc) is 2.56. The Bertz CT molecular complexity index is 1010. The Labute approximate surface area is 135 Å². The third-order valence-electron chi connectivity index (χ3n) is 3.51. The highest BCUT2D eigenvalue weighted by Gasteiger charge is 2.14. The van der Waals surface area contributed by atoms with Crippen LogP contribution in [-0.4, -0.2) is 10.8 Å². The highest BCUT2D eigenvalue weighted by Crippen LogP contribution is 2.19. The van der Waals surface area contributed by atoms with Gasteiger partial charge in [-0.15, -0.1) is 0 Å². The van der Waals surface area contributed by atoms with Gasteiger partial charge in [0.1, 0.15) is 5.58 Å². The molecule has 7 nitrogen and oxygen atoms in total. The van der Waals surface area contributed by atoms with E-state index in [-0.39, 0.29) is 16.9 Å². The lowest BCUT2D eigenvalue weighted by Crippen LogP contribution is -2.15. The van der Waals surface area contributed by atoms with Crippen molar-refractivity contribution in [1.82, 2.24) is 0 Å². The highest BCUT2D eigenvalue weighted by molar-refractivity contribution is 6.03. The number of para-hydroxylation sites is 1. The monoisotopic (exact) mass is 324 g/mol. The van der Waals surface area contributed by atoms with Crippen LogP contribution in [0, 0.1) is 17.0 Å². The van der Waals surface area contributed by atoms with Gasteiger partial charge in [0.2, 0.25) is 0 Å². The van der Waals surface area contributed by atoms with E-state index in [9.17, 15) is 19.7 Å². The quantitative estimate of drug-likeness (QED) is 0.588. The summed E-state index contributed by atoms with van der Waals surface area (Å²) >= 11 is 0. The number of anilines is 1. The minimum atomic E-state index is -0.605. The molecule has 2 aromatic carbocycles. The number of nitro groups is 1. The van der Waals surface area contributed by atoms with Gasteiger partial charge in [-0.25, -0.2) is 0 Å². The fourth-order valence-electron chi connectivity index (χ4n) is 2.29. The summed E-state index contributed by atoms with van der Waals surface area (Å²) in [6.07, 6.45) is 0. The summed E-state index contributed by atoms with van der Waals surface area (Å²) in [6, 6.07) is 11.6. The van der Waals surface area contributed by atoms with Gasteiger partial charge < -0.3 is 9.73 Å². The molecule has 1 amide bonds. The number of carbonyl (C=O) groups excluding carboxylic acids is 1. The fraction of sp³-hybridized carbons (Fsp3) is 0.0588. The number of nitro benzene ring substituents is 1. The number of benzene rings is 2. The van der Waals surface area contributed by atoms with Crippen molar-refractivity contribution < 1.29 is 14.1 Å². The van der Waals surface area contributed by atoms with Crippen LogP contribution in [0.4, 0.5) is 11.4 Å². The van der Waals surface area contributed by atoms with Gasteiger partial charge in [0.25, 0.3) is 11.6 Å². The van der Waals surface area contributed by atoms with Crippen LogP contribution in [0.1, 0.15) is 16.1 Å². The normalized spacial score (nSPS) is 10.5.